The second kappa shape index (κ2) is 8.11. The maximum absolute atomic E-state index is 10.5. The van der Waals surface area contributed by atoms with Crippen LogP contribution in [0.1, 0.15) is 34.1 Å². The van der Waals surface area contributed by atoms with Crippen molar-refractivity contribution in [2.45, 2.75) is 37.3 Å². The molecule has 1 saturated heterocycles. The number of thiophene rings is 1. The summed E-state index contributed by atoms with van der Waals surface area (Å²) in [6.45, 7) is -0.300. The number of nitriles is 1. The fraction of sp³-hybridized carbons (Fsp3) is 0.318. The zero-order chi connectivity index (χ0) is 20.5. The molecule has 2 heterocycles. The summed E-state index contributed by atoms with van der Waals surface area (Å²) in [5.74, 6) is -0.184. The number of phenols is 1. The summed E-state index contributed by atoms with van der Waals surface area (Å²) < 4.78 is 6.86. The molecule has 0 unspecified atom stereocenters. The quantitative estimate of drug-likeness (QED) is 0.525. The van der Waals surface area contributed by atoms with Crippen molar-refractivity contribution in [3.63, 3.8) is 0 Å². The van der Waals surface area contributed by atoms with Gasteiger partial charge in [0.25, 0.3) is 0 Å². The van der Waals surface area contributed by atoms with Gasteiger partial charge >= 0.3 is 0 Å². The van der Waals surface area contributed by atoms with E-state index in [4.69, 9.17) is 4.74 Å². The van der Waals surface area contributed by atoms with E-state index in [-0.39, 0.29) is 18.8 Å². The van der Waals surface area contributed by atoms with Gasteiger partial charge in [0, 0.05) is 28.0 Å². The zero-order valence-corrected chi connectivity index (χ0v) is 16.3. The van der Waals surface area contributed by atoms with Crippen LogP contribution in [-0.2, 0) is 11.2 Å². The van der Waals surface area contributed by atoms with E-state index < -0.39 is 24.4 Å². The summed E-state index contributed by atoms with van der Waals surface area (Å²) in [7, 11) is 0. The van der Waals surface area contributed by atoms with Gasteiger partial charge in [-0.3, -0.25) is 0 Å². The number of fused-ring (bicyclic) bond motifs is 1. The van der Waals surface area contributed by atoms with Gasteiger partial charge in [-0.15, -0.1) is 11.3 Å². The highest BCUT2D eigenvalue weighted by atomic mass is 32.1. The second-order valence-corrected chi connectivity index (χ2v) is 8.43. The Balaban J connectivity index is 1.72. The third-order valence-corrected chi connectivity index (χ3v) is 6.39. The van der Waals surface area contributed by atoms with E-state index in [0.717, 1.165) is 15.0 Å². The molecular formula is C22H21NO5S. The molecular weight excluding hydrogens is 390 g/mol. The number of hydrogen-bond donors (Lipinski definition) is 4. The van der Waals surface area contributed by atoms with Crippen molar-refractivity contribution in [2.24, 2.45) is 0 Å². The van der Waals surface area contributed by atoms with Crippen LogP contribution in [0.4, 0.5) is 0 Å². The van der Waals surface area contributed by atoms with Crippen molar-refractivity contribution >= 4 is 21.4 Å². The van der Waals surface area contributed by atoms with E-state index >= 15 is 0 Å². The van der Waals surface area contributed by atoms with Crippen LogP contribution in [0.5, 0.6) is 5.75 Å². The molecule has 1 aromatic heterocycles. The van der Waals surface area contributed by atoms with Crippen molar-refractivity contribution in [3.05, 3.63) is 64.0 Å². The van der Waals surface area contributed by atoms with Crippen LogP contribution >= 0.6 is 11.3 Å². The van der Waals surface area contributed by atoms with Crippen molar-refractivity contribution in [1.29, 1.82) is 5.26 Å². The fourth-order valence-electron chi connectivity index (χ4n) is 3.77. The highest BCUT2D eigenvalue weighted by Crippen LogP contribution is 2.38. The number of phenolic OH excluding ortho intramolecular Hbond substituents is 1. The van der Waals surface area contributed by atoms with Gasteiger partial charge in [-0.2, -0.15) is 5.26 Å². The first kappa shape index (κ1) is 19.8. The van der Waals surface area contributed by atoms with Gasteiger partial charge in [0.1, 0.15) is 18.0 Å². The lowest BCUT2D eigenvalue weighted by Crippen LogP contribution is -2.44. The van der Waals surface area contributed by atoms with Crippen LogP contribution < -0.4 is 0 Å². The van der Waals surface area contributed by atoms with Gasteiger partial charge < -0.3 is 25.2 Å². The molecule has 150 valence electrons. The first-order valence-electron chi connectivity index (χ1n) is 9.36. The molecule has 29 heavy (non-hydrogen) atoms. The molecule has 0 amide bonds. The average molecular weight is 411 g/mol. The zero-order valence-electron chi connectivity index (χ0n) is 15.5. The highest BCUT2D eigenvalue weighted by Gasteiger charge is 2.38. The minimum atomic E-state index is -1.24. The number of aliphatic hydroxyl groups is 3. The minimum absolute atomic E-state index is 0.111. The van der Waals surface area contributed by atoms with E-state index in [1.54, 1.807) is 17.4 Å². The molecule has 7 heteroatoms. The van der Waals surface area contributed by atoms with Gasteiger partial charge in [0.05, 0.1) is 30.4 Å². The Bertz CT molecular complexity index is 1040. The van der Waals surface area contributed by atoms with Gasteiger partial charge in [-0.1, -0.05) is 18.2 Å². The number of aliphatic hydroxyl groups excluding tert-OH is 3. The van der Waals surface area contributed by atoms with Crippen LogP contribution in [0.25, 0.3) is 10.1 Å². The van der Waals surface area contributed by atoms with E-state index in [2.05, 4.69) is 12.1 Å². The first-order chi connectivity index (χ1) is 14.0. The fourth-order valence-corrected chi connectivity index (χ4v) is 4.86. The Morgan fingerprint density at radius 1 is 1.17 bits per heavy atom. The van der Waals surface area contributed by atoms with Crippen LogP contribution in [0.15, 0.2) is 42.5 Å². The largest absolute Gasteiger partial charge is 0.508 e. The normalized spacial score (nSPS) is 24.5. The number of ether oxygens (including phenoxy) is 1. The van der Waals surface area contributed by atoms with E-state index in [1.165, 1.54) is 6.07 Å². The monoisotopic (exact) mass is 411 g/mol. The molecule has 1 aliphatic heterocycles. The van der Waals surface area contributed by atoms with Crippen LogP contribution in [0, 0.1) is 11.3 Å². The van der Waals surface area contributed by atoms with Crippen LogP contribution in [-0.4, -0.2) is 45.3 Å². The lowest BCUT2D eigenvalue weighted by molar-refractivity contribution is -0.180. The molecule has 0 bridgehead atoms. The second-order valence-electron chi connectivity index (χ2n) is 7.26. The summed E-state index contributed by atoms with van der Waals surface area (Å²) in [4.78, 5) is 1.07. The molecule has 2 aromatic carbocycles. The third kappa shape index (κ3) is 3.86. The van der Waals surface area contributed by atoms with Gasteiger partial charge in [-0.05, 0) is 35.2 Å². The van der Waals surface area contributed by atoms with Gasteiger partial charge in [0.2, 0.25) is 0 Å². The topological polar surface area (TPSA) is 114 Å². The summed E-state index contributed by atoms with van der Waals surface area (Å²) in [5, 5.41) is 51.0. The van der Waals surface area contributed by atoms with Crippen LogP contribution in [0.3, 0.4) is 0 Å². The Morgan fingerprint density at radius 2 is 1.97 bits per heavy atom. The molecule has 0 radical (unpaired) electrons. The molecule has 1 fully saturated rings. The number of hydrogen-bond acceptors (Lipinski definition) is 7. The third-order valence-electron chi connectivity index (χ3n) is 5.27. The first-order valence-corrected chi connectivity index (χ1v) is 10.2. The van der Waals surface area contributed by atoms with Gasteiger partial charge in [0.15, 0.2) is 0 Å². The van der Waals surface area contributed by atoms with Crippen molar-refractivity contribution in [2.75, 3.05) is 6.61 Å². The van der Waals surface area contributed by atoms with Crippen molar-refractivity contribution < 1.29 is 25.2 Å². The van der Waals surface area contributed by atoms with E-state index in [0.29, 0.717) is 23.1 Å². The summed E-state index contributed by atoms with van der Waals surface area (Å²) in [6.07, 6.45) is -3.35. The average Bonchev–Trinajstić information content (AvgIpc) is 3.13. The molecule has 3 aromatic rings. The number of aromatic hydroxyl groups is 1. The molecule has 4 N–H and O–H groups in total. The van der Waals surface area contributed by atoms with Crippen LogP contribution in [0.2, 0.25) is 0 Å². The summed E-state index contributed by atoms with van der Waals surface area (Å²) >= 11 is 1.64. The Kier molecular flexibility index (Phi) is 5.54. The Hall–Kier alpha value is -2.47. The molecule has 0 aliphatic carbocycles. The number of nitrogens with zero attached hydrogens (tertiary/aromatic N) is 1. The number of benzene rings is 2. The maximum Gasteiger partial charge on any atom is 0.122 e. The van der Waals surface area contributed by atoms with E-state index in [1.807, 2.05) is 24.3 Å². The maximum atomic E-state index is 10.5. The highest BCUT2D eigenvalue weighted by molar-refractivity contribution is 7.19. The van der Waals surface area contributed by atoms with Crippen molar-refractivity contribution in [1.82, 2.24) is 0 Å². The molecule has 0 spiro atoms. The Morgan fingerprint density at radius 3 is 2.69 bits per heavy atom. The molecule has 4 atom stereocenters. The molecule has 4 rings (SSSR count). The standard InChI is InChI=1S/C22H21NO5S/c23-10-14-8-18(25)17(22-21(27)19(26)9-15(11-24)28-22)7-13(14)6-16-5-12-3-1-2-4-20(12)29-16/h1-5,7-8,15,19,21-22,24-27H,6,9,11H2/t15-,19-,21-,22-/m0/s1. The Labute approximate surface area is 171 Å². The SMILES string of the molecule is N#Cc1cc(O)c([C@@H]2O[C@H](CO)C[C@H](O)[C@@H]2O)cc1Cc1cc2ccccc2s1. The van der Waals surface area contributed by atoms with Crippen molar-refractivity contribution in [3.8, 4) is 11.8 Å². The van der Waals surface area contributed by atoms with E-state index in [9.17, 15) is 25.7 Å². The predicted molar refractivity (Wildman–Crippen MR) is 109 cm³/mol. The smallest absolute Gasteiger partial charge is 0.122 e. The minimum Gasteiger partial charge on any atom is -0.508 e. The number of rotatable bonds is 4. The predicted octanol–water partition coefficient (Wildman–Crippen LogP) is 2.61. The van der Waals surface area contributed by atoms with Gasteiger partial charge in [-0.25, -0.2) is 0 Å². The lowest BCUT2D eigenvalue weighted by atomic mass is 9.90. The summed E-state index contributed by atoms with van der Waals surface area (Å²) in [6, 6.07) is 15.2. The lowest BCUT2D eigenvalue weighted by Gasteiger charge is -2.37. The molecule has 6 nitrogen and oxygen atoms in total. The summed E-state index contributed by atoms with van der Waals surface area (Å²) in [5.41, 5.74) is 1.33. The molecule has 0 saturated carbocycles. The molecule has 1 aliphatic rings.